The van der Waals surface area contributed by atoms with E-state index in [2.05, 4.69) is 91.3 Å². The number of fused-ring (bicyclic) bond motifs is 1. The Morgan fingerprint density at radius 2 is 1.36 bits per heavy atom. The van der Waals surface area contributed by atoms with Crippen molar-refractivity contribution in [2.24, 2.45) is 0 Å². The van der Waals surface area contributed by atoms with Crippen LogP contribution in [0.1, 0.15) is 41.7 Å². The predicted molar refractivity (Wildman–Crippen MR) is 165 cm³/mol. The molecule has 1 heterocycles. The summed E-state index contributed by atoms with van der Waals surface area (Å²) in [6.07, 6.45) is 3.21. The van der Waals surface area contributed by atoms with E-state index in [1.807, 2.05) is 30.3 Å². The van der Waals surface area contributed by atoms with Gasteiger partial charge in [0.05, 0.1) is 15.9 Å². The van der Waals surface area contributed by atoms with Gasteiger partial charge >= 0.3 is 6.18 Å². The van der Waals surface area contributed by atoms with Crippen molar-refractivity contribution in [3.8, 4) is 5.75 Å². The van der Waals surface area contributed by atoms with E-state index in [9.17, 15) is 28.4 Å². The van der Waals surface area contributed by atoms with Gasteiger partial charge in [0, 0.05) is 29.8 Å². The number of carboxylic acids is 1. The standard InChI is InChI=1S/C33H28N2O3.C2HF3O2/c1-33(2)29-10-6-7-11-30(29)34(23-27-22-28(35(37)38)19-20-31(27)36)32(33)21-18-26-16-14-25(15-17-26)13-12-24-8-4-3-5-9-24;3-2(4,5)1(6)7/h3-22H,23H2,1-2H3;(H,6,7)/b13-12+,21-18+;. The largest absolute Gasteiger partial charge is 0.542 e. The van der Waals surface area contributed by atoms with Gasteiger partial charge in [-0.2, -0.15) is 17.7 Å². The predicted octanol–water partition coefficient (Wildman–Crippen LogP) is 7.06. The Morgan fingerprint density at radius 3 is 1.91 bits per heavy atom. The third-order valence-electron chi connectivity index (χ3n) is 7.27. The number of carbonyl (C=O) groups is 1. The fourth-order valence-electron chi connectivity index (χ4n) is 4.94. The molecule has 0 saturated carbocycles. The maximum atomic E-state index is 11.4. The van der Waals surface area contributed by atoms with Crippen molar-refractivity contribution in [3.63, 3.8) is 0 Å². The second-order valence-electron chi connectivity index (χ2n) is 10.7. The lowest BCUT2D eigenvalue weighted by Crippen LogP contribution is -2.37. The van der Waals surface area contributed by atoms with Gasteiger partial charge < -0.3 is 15.0 Å². The molecular formula is C35H29F3N2O5. The third-order valence-corrected chi connectivity index (χ3v) is 7.27. The average Bonchev–Trinajstić information content (AvgIpc) is 3.22. The number of carboxylic acid groups (broad SMARTS) is 1. The van der Waals surface area contributed by atoms with E-state index in [0.717, 1.165) is 28.1 Å². The highest BCUT2D eigenvalue weighted by molar-refractivity contribution is 6.05. The van der Waals surface area contributed by atoms with Crippen molar-refractivity contribution in [2.45, 2.75) is 32.0 Å². The minimum Gasteiger partial charge on any atom is -0.542 e. The minimum atomic E-state index is -5.19. The summed E-state index contributed by atoms with van der Waals surface area (Å²) in [5.74, 6) is -2.97. The molecule has 4 aromatic carbocycles. The van der Waals surface area contributed by atoms with E-state index >= 15 is 0 Å². The number of carbonyl (C=O) groups excluding carboxylic acids is 1. The minimum absolute atomic E-state index is 0.0389. The smallest absolute Gasteiger partial charge is 0.430 e. The molecule has 0 bridgehead atoms. The van der Waals surface area contributed by atoms with Gasteiger partial charge in [-0.05, 0) is 42.7 Å². The first kappa shape index (κ1) is 32.4. The number of halogens is 3. The van der Waals surface area contributed by atoms with Crippen LogP contribution in [0.15, 0.2) is 103 Å². The first-order chi connectivity index (χ1) is 21.3. The van der Waals surface area contributed by atoms with Gasteiger partial charge in [0.15, 0.2) is 12.3 Å². The molecule has 0 radical (unpaired) electrons. The van der Waals surface area contributed by atoms with Crippen LogP contribution in [0.2, 0.25) is 0 Å². The molecule has 0 amide bonds. The molecule has 1 aliphatic rings. The quantitative estimate of drug-likeness (QED) is 0.104. The topological polar surface area (TPSA) is 107 Å². The number of aliphatic carboxylic acids is 1. The molecule has 0 spiro atoms. The summed E-state index contributed by atoms with van der Waals surface area (Å²) in [6.45, 7) is 4.67. The number of nitrogens with zero attached hydrogens (tertiary/aromatic N) is 2. The molecule has 0 saturated heterocycles. The highest BCUT2D eigenvalue weighted by Crippen LogP contribution is 2.41. The van der Waals surface area contributed by atoms with Crippen molar-refractivity contribution in [2.75, 3.05) is 0 Å². The molecule has 0 atom stereocenters. The van der Waals surface area contributed by atoms with E-state index in [1.54, 1.807) is 0 Å². The highest BCUT2D eigenvalue weighted by atomic mass is 19.4. The number of nitro groups is 1. The van der Waals surface area contributed by atoms with Crippen molar-refractivity contribution >= 4 is 41.3 Å². The van der Waals surface area contributed by atoms with Crippen LogP contribution in [0, 0.1) is 10.1 Å². The summed E-state index contributed by atoms with van der Waals surface area (Å²) in [6, 6.07) is 30.9. The molecule has 45 heavy (non-hydrogen) atoms. The van der Waals surface area contributed by atoms with Crippen LogP contribution in [0.25, 0.3) is 18.2 Å². The molecule has 7 nitrogen and oxygen atoms in total. The summed E-state index contributed by atoms with van der Waals surface area (Å²) < 4.78 is 33.7. The number of allylic oxidation sites excluding steroid dienone is 1. The number of phenolic OH excluding ortho intramolecular Hbond substituents is 1. The second-order valence-corrected chi connectivity index (χ2v) is 10.7. The lowest BCUT2D eigenvalue weighted by molar-refractivity contribution is -0.455. The zero-order valence-corrected chi connectivity index (χ0v) is 24.4. The first-order valence-electron chi connectivity index (χ1n) is 13.8. The van der Waals surface area contributed by atoms with Crippen LogP contribution in [-0.2, 0) is 16.8 Å². The molecule has 1 N–H and O–H groups in total. The van der Waals surface area contributed by atoms with Crippen molar-refractivity contribution in [1.29, 1.82) is 0 Å². The van der Waals surface area contributed by atoms with E-state index < -0.39 is 17.1 Å². The van der Waals surface area contributed by atoms with Gasteiger partial charge in [-0.1, -0.05) is 84.9 Å². The summed E-state index contributed by atoms with van der Waals surface area (Å²) in [7, 11) is 0. The number of non-ortho nitro benzene ring substituents is 1. The SMILES string of the molecule is CC1(C)C(/C=C/c2ccc(/C=C/c3ccccc3)cc2)=[N+](Cc2cc([N+](=O)[O-])ccc2O)c2ccccc21.O=C([O-])C(F)(F)F. The summed E-state index contributed by atoms with van der Waals surface area (Å²) in [4.78, 5) is 19.7. The van der Waals surface area contributed by atoms with Crippen molar-refractivity contribution in [1.82, 2.24) is 0 Å². The number of hydrogen-bond acceptors (Lipinski definition) is 5. The molecule has 5 rings (SSSR count). The highest BCUT2D eigenvalue weighted by Gasteiger charge is 2.44. The van der Waals surface area contributed by atoms with Gasteiger partial charge in [0.1, 0.15) is 11.7 Å². The maximum absolute atomic E-state index is 11.4. The second kappa shape index (κ2) is 13.4. The number of para-hydroxylation sites is 1. The fraction of sp³-hybridized carbons (Fsp3) is 0.143. The number of benzene rings is 4. The fourth-order valence-corrected chi connectivity index (χ4v) is 4.94. The average molecular weight is 615 g/mol. The molecule has 0 aromatic heterocycles. The van der Waals surface area contributed by atoms with Crippen LogP contribution < -0.4 is 5.11 Å². The summed E-state index contributed by atoms with van der Waals surface area (Å²) in [5, 5.41) is 30.6. The number of nitro benzene ring substituents is 1. The third kappa shape index (κ3) is 7.91. The summed E-state index contributed by atoms with van der Waals surface area (Å²) >= 11 is 0. The zero-order chi connectivity index (χ0) is 32.8. The Kier molecular flexibility index (Phi) is 9.66. The van der Waals surface area contributed by atoms with Crippen molar-refractivity contribution in [3.05, 3.63) is 141 Å². The number of phenols is 1. The molecule has 0 unspecified atom stereocenters. The Labute approximate surface area is 257 Å². The number of aromatic hydroxyl groups is 1. The molecule has 230 valence electrons. The Hall–Kier alpha value is -5.51. The van der Waals surface area contributed by atoms with Crippen LogP contribution in [0.4, 0.5) is 24.5 Å². The van der Waals surface area contributed by atoms with Gasteiger partial charge in [-0.3, -0.25) is 10.1 Å². The first-order valence-corrected chi connectivity index (χ1v) is 13.8. The Morgan fingerprint density at radius 1 is 0.844 bits per heavy atom. The van der Waals surface area contributed by atoms with Gasteiger partial charge in [0.2, 0.25) is 5.69 Å². The monoisotopic (exact) mass is 614 g/mol. The van der Waals surface area contributed by atoms with E-state index in [1.165, 1.54) is 23.8 Å². The lowest BCUT2D eigenvalue weighted by Gasteiger charge is -2.15. The van der Waals surface area contributed by atoms with E-state index in [-0.39, 0.29) is 16.9 Å². The van der Waals surface area contributed by atoms with Gasteiger partial charge in [0.25, 0.3) is 5.69 Å². The lowest BCUT2D eigenvalue weighted by atomic mass is 9.81. The van der Waals surface area contributed by atoms with E-state index in [4.69, 9.17) is 9.90 Å². The zero-order valence-electron chi connectivity index (χ0n) is 24.4. The van der Waals surface area contributed by atoms with Gasteiger partial charge in [-0.25, -0.2) is 0 Å². The molecule has 10 heteroatoms. The van der Waals surface area contributed by atoms with Crippen LogP contribution >= 0.6 is 0 Å². The van der Waals surface area contributed by atoms with E-state index in [0.29, 0.717) is 12.1 Å². The molecule has 0 aliphatic carbocycles. The number of hydrogen-bond donors (Lipinski definition) is 1. The Balaban J connectivity index is 0.000000591. The van der Waals surface area contributed by atoms with Crippen LogP contribution in [0.3, 0.4) is 0 Å². The number of alkyl halides is 3. The molecule has 1 aliphatic heterocycles. The molecular weight excluding hydrogens is 585 g/mol. The number of rotatable bonds is 7. The summed E-state index contributed by atoms with van der Waals surface area (Å²) in [5.41, 5.74) is 6.78. The maximum Gasteiger partial charge on any atom is 0.430 e. The normalized spacial score (nSPS) is 13.9. The van der Waals surface area contributed by atoms with Crippen molar-refractivity contribution < 1.29 is 37.7 Å². The van der Waals surface area contributed by atoms with Crippen LogP contribution in [-0.4, -0.2) is 32.5 Å². The van der Waals surface area contributed by atoms with Gasteiger partial charge in [-0.15, -0.1) is 0 Å². The molecule has 4 aromatic rings. The Bertz CT molecular complexity index is 1790. The van der Waals surface area contributed by atoms with Crippen LogP contribution in [0.5, 0.6) is 5.75 Å². The molecule has 0 fully saturated rings.